The van der Waals surface area contributed by atoms with Gasteiger partial charge in [0.2, 0.25) is 0 Å². The van der Waals surface area contributed by atoms with E-state index in [2.05, 4.69) is 61.9 Å². The zero-order valence-corrected chi connectivity index (χ0v) is 18.4. The first-order chi connectivity index (χ1) is 13.3. The van der Waals surface area contributed by atoms with Crippen LogP contribution in [0.5, 0.6) is 0 Å². The standard InChI is InChI=1S/C24H35ClO3/c1-17-15-21(25)20(9-7-5-6-8-10-22(27)28-4)23(17)18-11-13-19(14-12-18)24(2,3)16-26/h5,7,11-14,17,20-21,23,26H,6,8-10,15-16H2,1-4H3/b7-5-/t17-,20+,21-,23?/m1/s1. The number of benzene rings is 1. The minimum atomic E-state index is -0.221. The van der Waals surface area contributed by atoms with Gasteiger partial charge in [0.1, 0.15) is 0 Å². The normalized spacial score (nSPS) is 25.4. The molecule has 2 rings (SSSR count). The summed E-state index contributed by atoms with van der Waals surface area (Å²) < 4.78 is 4.67. The second-order valence-electron chi connectivity index (χ2n) is 8.76. The number of alkyl halides is 1. The van der Waals surface area contributed by atoms with Gasteiger partial charge in [0.05, 0.1) is 13.7 Å². The van der Waals surface area contributed by atoms with Crippen molar-refractivity contribution in [3.8, 4) is 0 Å². The third kappa shape index (κ3) is 5.84. The Hall–Kier alpha value is -1.32. The maximum Gasteiger partial charge on any atom is 0.305 e. The molecule has 3 nitrogen and oxygen atoms in total. The molecule has 0 aromatic heterocycles. The summed E-state index contributed by atoms with van der Waals surface area (Å²) in [4.78, 5) is 11.2. The zero-order chi connectivity index (χ0) is 20.7. The van der Waals surface area contributed by atoms with Crippen LogP contribution in [0.4, 0.5) is 0 Å². The van der Waals surface area contributed by atoms with Gasteiger partial charge in [-0.2, -0.15) is 0 Å². The number of rotatable bonds is 9. The van der Waals surface area contributed by atoms with E-state index in [0.29, 0.717) is 24.2 Å². The van der Waals surface area contributed by atoms with Gasteiger partial charge in [0, 0.05) is 17.2 Å². The average molecular weight is 407 g/mol. The van der Waals surface area contributed by atoms with Crippen molar-refractivity contribution in [3.63, 3.8) is 0 Å². The molecule has 28 heavy (non-hydrogen) atoms. The van der Waals surface area contributed by atoms with Crippen molar-refractivity contribution in [1.29, 1.82) is 0 Å². The molecule has 0 saturated heterocycles. The summed E-state index contributed by atoms with van der Waals surface area (Å²) in [5.41, 5.74) is 2.28. The highest BCUT2D eigenvalue weighted by Crippen LogP contribution is 2.48. The number of methoxy groups -OCH3 is 1. The number of ether oxygens (including phenoxy) is 1. The molecule has 1 aromatic carbocycles. The number of hydrogen-bond acceptors (Lipinski definition) is 3. The number of halogens is 1. The number of esters is 1. The van der Waals surface area contributed by atoms with E-state index in [4.69, 9.17) is 11.6 Å². The topological polar surface area (TPSA) is 46.5 Å². The Balaban J connectivity index is 2.00. The lowest BCUT2D eigenvalue weighted by Crippen LogP contribution is -2.22. The van der Waals surface area contributed by atoms with Gasteiger partial charge in [-0.05, 0) is 54.6 Å². The monoisotopic (exact) mass is 406 g/mol. The van der Waals surface area contributed by atoms with Gasteiger partial charge in [-0.1, -0.05) is 57.2 Å². The van der Waals surface area contributed by atoms with Crippen LogP contribution < -0.4 is 0 Å². The first-order valence-electron chi connectivity index (χ1n) is 10.4. The highest BCUT2D eigenvalue weighted by atomic mass is 35.5. The highest BCUT2D eigenvalue weighted by molar-refractivity contribution is 6.21. The second kappa shape index (κ2) is 10.5. The van der Waals surface area contributed by atoms with Crippen LogP contribution in [0.3, 0.4) is 0 Å². The van der Waals surface area contributed by atoms with E-state index in [1.807, 2.05) is 0 Å². The maximum atomic E-state index is 11.2. The summed E-state index contributed by atoms with van der Waals surface area (Å²) >= 11 is 6.72. The van der Waals surface area contributed by atoms with Gasteiger partial charge >= 0.3 is 5.97 Å². The van der Waals surface area contributed by atoms with E-state index < -0.39 is 0 Å². The molecule has 0 heterocycles. The Morgan fingerprint density at radius 2 is 1.96 bits per heavy atom. The third-order valence-corrected chi connectivity index (χ3v) is 6.66. The molecule has 1 aliphatic rings. The minimum absolute atomic E-state index is 0.138. The molecule has 1 fully saturated rings. The molecule has 4 atom stereocenters. The van der Waals surface area contributed by atoms with Crippen molar-refractivity contribution in [2.75, 3.05) is 13.7 Å². The average Bonchev–Trinajstić information content (AvgIpc) is 2.97. The Morgan fingerprint density at radius 3 is 2.57 bits per heavy atom. The fraction of sp³-hybridized carbons (Fsp3) is 0.625. The SMILES string of the molecule is COC(=O)CCC/C=C\C[C@@H]1C(c2ccc(C(C)(C)CO)cc2)[C@H](C)C[C@H]1Cl. The van der Waals surface area contributed by atoms with Crippen LogP contribution in [0.1, 0.15) is 69.9 Å². The highest BCUT2D eigenvalue weighted by Gasteiger charge is 2.40. The van der Waals surface area contributed by atoms with E-state index in [-0.39, 0.29) is 23.4 Å². The molecular formula is C24H35ClO3. The Kier molecular flexibility index (Phi) is 8.57. The fourth-order valence-electron chi connectivity index (χ4n) is 4.28. The smallest absolute Gasteiger partial charge is 0.305 e. The summed E-state index contributed by atoms with van der Waals surface area (Å²) in [6, 6.07) is 8.74. The fourth-order valence-corrected chi connectivity index (χ4v) is 4.82. The molecule has 0 amide bonds. The van der Waals surface area contributed by atoms with Gasteiger partial charge in [-0.15, -0.1) is 11.6 Å². The van der Waals surface area contributed by atoms with Crippen LogP contribution >= 0.6 is 11.6 Å². The number of unbranched alkanes of at least 4 members (excludes halogenated alkanes) is 1. The van der Waals surface area contributed by atoms with Gasteiger partial charge in [0.15, 0.2) is 0 Å². The molecule has 1 aliphatic carbocycles. The summed E-state index contributed by atoms with van der Waals surface area (Å²) in [5.74, 6) is 1.28. The Bertz CT molecular complexity index is 650. The lowest BCUT2D eigenvalue weighted by molar-refractivity contribution is -0.140. The van der Waals surface area contributed by atoms with Crippen molar-refractivity contribution in [2.24, 2.45) is 11.8 Å². The van der Waals surface area contributed by atoms with E-state index in [1.54, 1.807) is 0 Å². The molecule has 1 aromatic rings. The summed E-state index contributed by atoms with van der Waals surface area (Å²) in [7, 11) is 1.43. The molecule has 0 bridgehead atoms. The summed E-state index contributed by atoms with van der Waals surface area (Å²) in [5, 5.41) is 9.79. The van der Waals surface area contributed by atoms with Crippen LogP contribution in [0.2, 0.25) is 0 Å². The minimum Gasteiger partial charge on any atom is -0.469 e. The van der Waals surface area contributed by atoms with Crippen LogP contribution in [0, 0.1) is 11.8 Å². The molecule has 1 unspecified atom stereocenters. The number of hydrogen-bond donors (Lipinski definition) is 1. The second-order valence-corrected chi connectivity index (χ2v) is 9.32. The summed E-state index contributed by atoms with van der Waals surface area (Å²) in [6.07, 6.45) is 8.58. The van der Waals surface area contributed by atoms with Gasteiger partial charge < -0.3 is 9.84 Å². The first-order valence-corrected chi connectivity index (χ1v) is 10.8. The van der Waals surface area contributed by atoms with Gasteiger partial charge in [-0.3, -0.25) is 4.79 Å². The predicted molar refractivity (Wildman–Crippen MR) is 116 cm³/mol. The Labute approximate surface area is 175 Å². The molecule has 0 aliphatic heterocycles. The number of aliphatic hydroxyl groups excluding tert-OH is 1. The molecule has 156 valence electrons. The van der Waals surface area contributed by atoms with Crippen LogP contribution in [0.15, 0.2) is 36.4 Å². The molecule has 0 radical (unpaired) electrons. The zero-order valence-electron chi connectivity index (χ0n) is 17.7. The summed E-state index contributed by atoms with van der Waals surface area (Å²) in [6.45, 7) is 6.55. The van der Waals surface area contributed by atoms with Crippen molar-refractivity contribution in [3.05, 3.63) is 47.5 Å². The van der Waals surface area contributed by atoms with Gasteiger partial charge in [0.25, 0.3) is 0 Å². The van der Waals surface area contributed by atoms with Crippen molar-refractivity contribution in [1.82, 2.24) is 0 Å². The van der Waals surface area contributed by atoms with Crippen molar-refractivity contribution >= 4 is 17.6 Å². The van der Waals surface area contributed by atoms with Crippen molar-refractivity contribution < 1.29 is 14.6 Å². The number of carbonyl (C=O) groups is 1. The molecule has 4 heteroatoms. The molecule has 1 N–H and O–H groups in total. The van der Waals surface area contributed by atoms with E-state index >= 15 is 0 Å². The number of aliphatic hydroxyl groups is 1. The Morgan fingerprint density at radius 1 is 1.29 bits per heavy atom. The van der Waals surface area contributed by atoms with Gasteiger partial charge in [-0.25, -0.2) is 0 Å². The van der Waals surface area contributed by atoms with Crippen LogP contribution in [-0.2, 0) is 14.9 Å². The van der Waals surface area contributed by atoms with E-state index in [1.165, 1.54) is 12.7 Å². The van der Waals surface area contributed by atoms with E-state index in [0.717, 1.165) is 31.2 Å². The number of allylic oxidation sites excluding steroid dienone is 2. The molecular weight excluding hydrogens is 372 g/mol. The third-order valence-electron chi connectivity index (χ3n) is 6.16. The molecule has 1 saturated carbocycles. The van der Waals surface area contributed by atoms with Crippen molar-refractivity contribution in [2.45, 2.75) is 69.6 Å². The lowest BCUT2D eigenvalue weighted by atomic mass is 9.80. The van der Waals surface area contributed by atoms with E-state index in [9.17, 15) is 9.90 Å². The predicted octanol–water partition coefficient (Wildman–Crippen LogP) is 5.59. The van der Waals surface area contributed by atoms with Crippen LogP contribution in [-0.4, -0.2) is 30.2 Å². The number of carbonyl (C=O) groups excluding carboxylic acids is 1. The molecule has 0 spiro atoms. The largest absolute Gasteiger partial charge is 0.469 e. The van der Waals surface area contributed by atoms with Crippen LogP contribution in [0.25, 0.3) is 0 Å². The maximum absolute atomic E-state index is 11.2. The quantitative estimate of drug-likeness (QED) is 0.251. The lowest BCUT2D eigenvalue weighted by Gasteiger charge is -2.26. The first kappa shape index (κ1) is 23.0.